The first-order valence-corrected chi connectivity index (χ1v) is 6.84. The van der Waals surface area contributed by atoms with E-state index in [0.29, 0.717) is 0 Å². The summed E-state index contributed by atoms with van der Waals surface area (Å²) in [6.45, 7) is 0. The summed E-state index contributed by atoms with van der Waals surface area (Å²) in [5.74, 6) is 0.874. The summed E-state index contributed by atoms with van der Waals surface area (Å²) < 4.78 is 6.86. The third-order valence-electron chi connectivity index (χ3n) is 3.06. The topological polar surface area (TPSA) is 38.1 Å². The zero-order chi connectivity index (χ0) is 13.2. The molecule has 2 aromatic heterocycles. The number of aromatic nitrogens is 1. The van der Waals surface area contributed by atoms with Crippen molar-refractivity contribution in [2.75, 3.05) is 7.05 Å². The van der Waals surface area contributed by atoms with Crippen molar-refractivity contribution >= 4 is 26.9 Å². The monoisotopic (exact) mass is 316 g/mol. The van der Waals surface area contributed by atoms with E-state index in [4.69, 9.17) is 4.42 Å². The summed E-state index contributed by atoms with van der Waals surface area (Å²) in [5.41, 5.74) is 1.83. The van der Waals surface area contributed by atoms with Gasteiger partial charge < -0.3 is 9.73 Å². The van der Waals surface area contributed by atoms with Crippen LogP contribution in [0.4, 0.5) is 0 Å². The standard InChI is InChI=1S/C15H13BrN2O/c1-17-15(12-7-6-11(16)9-18-12)14-8-10-4-2-3-5-13(10)19-14/h2-9,15,17H,1H3. The van der Waals surface area contributed by atoms with E-state index in [0.717, 1.165) is 26.9 Å². The second kappa shape index (κ2) is 5.15. The molecule has 3 nitrogen and oxygen atoms in total. The molecule has 0 saturated heterocycles. The van der Waals surface area contributed by atoms with E-state index in [1.807, 2.05) is 43.4 Å². The van der Waals surface area contributed by atoms with Gasteiger partial charge in [0.25, 0.3) is 0 Å². The van der Waals surface area contributed by atoms with Crippen LogP contribution in [0.15, 0.2) is 57.6 Å². The molecule has 1 unspecified atom stereocenters. The molecule has 0 bridgehead atoms. The van der Waals surface area contributed by atoms with Gasteiger partial charge in [0, 0.05) is 16.1 Å². The number of halogens is 1. The maximum Gasteiger partial charge on any atom is 0.134 e. The maximum atomic E-state index is 5.89. The number of hydrogen-bond donors (Lipinski definition) is 1. The third-order valence-corrected chi connectivity index (χ3v) is 3.53. The predicted octanol–water partition coefficient (Wildman–Crippen LogP) is 3.90. The Morgan fingerprint density at radius 2 is 2.05 bits per heavy atom. The highest BCUT2D eigenvalue weighted by Gasteiger charge is 2.17. The second-order valence-corrected chi connectivity index (χ2v) is 5.23. The van der Waals surface area contributed by atoms with Crippen LogP contribution in [0.25, 0.3) is 11.0 Å². The highest BCUT2D eigenvalue weighted by atomic mass is 79.9. The number of rotatable bonds is 3. The average Bonchev–Trinajstić information content (AvgIpc) is 2.85. The Morgan fingerprint density at radius 3 is 2.74 bits per heavy atom. The fourth-order valence-corrected chi connectivity index (χ4v) is 2.37. The van der Waals surface area contributed by atoms with Crippen LogP contribution in [0.1, 0.15) is 17.5 Å². The molecule has 1 N–H and O–H groups in total. The average molecular weight is 317 g/mol. The molecule has 3 aromatic rings. The van der Waals surface area contributed by atoms with E-state index >= 15 is 0 Å². The SMILES string of the molecule is CNC(c1ccc(Br)cn1)c1cc2ccccc2o1. The van der Waals surface area contributed by atoms with Gasteiger partial charge in [0.2, 0.25) is 0 Å². The first-order valence-electron chi connectivity index (χ1n) is 6.05. The minimum Gasteiger partial charge on any atom is -0.459 e. The zero-order valence-electron chi connectivity index (χ0n) is 10.4. The van der Waals surface area contributed by atoms with Crippen LogP contribution in [0.5, 0.6) is 0 Å². The van der Waals surface area contributed by atoms with Crippen LogP contribution in [0.2, 0.25) is 0 Å². The molecule has 0 aliphatic carbocycles. The minimum atomic E-state index is -0.0412. The van der Waals surface area contributed by atoms with Gasteiger partial charge in [-0.05, 0) is 47.2 Å². The van der Waals surface area contributed by atoms with Crippen molar-refractivity contribution in [1.29, 1.82) is 0 Å². The Balaban J connectivity index is 2.04. The van der Waals surface area contributed by atoms with Gasteiger partial charge in [-0.1, -0.05) is 18.2 Å². The van der Waals surface area contributed by atoms with Crippen LogP contribution in [0.3, 0.4) is 0 Å². The Bertz CT molecular complexity index is 658. The van der Waals surface area contributed by atoms with Crippen LogP contribution in [0, 0.1) is 0 Å². The highest BCUT2D eigenvalue weighted by Crippen LogP contribution is 2.27. The van der Waals surface area contributed by atoms with Gasteiger partial charge in [-0.25, -0.2) is 0 Å². The quantitative estimate of drug-likeness (QED) is 0.796. The Labute approximate surface area is 119 Å². The van der Waals surface area contributed by atoms with Crippen LogP contribution >= 0.6 is 15.9 Å². The van der Waals surface area contributed by atoms with E-state index < -0.39 is 0 Å². The smallest absolute Gasteiger partial charge is 0.134 e. The number of para-hydroxylation sites is 1. The minimum absolute atomic E-state index is 0.0412. The summed E-state index contributed by atoms with van der Waals surface area (Å²) in [4.78, 5) is 4.43. The summed E-state index contributed by atoms with van der Waals surface area (Å²) >= 11 is 3.39. The molecule has 0 saturated carbocycles. The first-order chi connectivity index (χ1) is 9.28. The molecule has 0 fully saturated rings. The number of fused-ring (bicyclic) bond motifs is 1. The van der Waals surface area contributed by atoms with Crippen LogP contribution < -0.4 is 5.32 Å². The number of nitrogens with one attached hydrogen (secondary N) is 1. The maximum absolute atomic E-state index is 5.89. The van der Waals surface area contributed by atoms with Gasteiger partial charge in [-0.2, -0.15) is 0 Å². The molecule has 1 aromatic carbocycles. The van der Waals surface area contributed by atoms with Gasteiger partial charge in [-0.3, -0.25) is 4.98 Å². The summed E-state index contributed by atoms with van der Waals surface area (Å²) in [7, 11) is 1.90. The largest absolute Gasteiger partial charge is 0.459 e. The molecule has 19 heavy (non-hydrogen) atoms. The summed E-state index contributed by atoms with van der Waals surface area (Å²) in [6, 6.07) is 14.0. The van der Waals surface area contributed by atoms with Crippen molar-refractivity contribution in [1.82, 2.24) is 10.3 Å². The molecule has 0 radical (unpaired) electrons. The highest BCUT2D eigenvalue weighted by molar-refractivity contribution is 9.10. The van der Waals surface area contributed by atoms with Gasteiger partial charge in [-0.15, -0.1) is 0 Å². The fraction of sp³-hybridized carbons (Fsp3) is 0.133. The van der Waals surface area contributed by atoms with E-state index in [2.05, 4.69) is 32.3 Å². The van der Waals surface area contributed by atoms with Crippen molar-refractivity contribution in [3.63, 3.8) is 0 Å². The van der Waals surface area contributed by atoms with Gasteiger partial charge >= 0.3 is 0 Å². The van der Waals surface area contributed by atoms with Crippen molar-refractivity contribution in [3.05, 3.63) is 64.6 Å². The van der Waals surface area contributed by atoms with E-state index in [1.165, 1.54) is 0 Å². The fourth-order valence-electron chi connectivity index (χ4n) is 2.14. The molecule has 0 aliphatic rings. The molecule has 3 rings (SSSR count). The molecular weight excluding hydrogens is 304 g/mol. The Morgan fingerprint density at radius 1 is 1.21 bits per heavy atom. The number of benzene rings is 1. The van der Waals surface area contributed by atoms with Crippen molar-refractivity contribution in [3.8, 4) is 0 Å². The van der Waals surface area contributed by atoms with E-state index in [9.17, 15) is 0 Å². The zero-order valence-corrected chi connectivity index (χ0v) is 12.0. The Hall–Kier alpha value is -1.65. The van der Waals surface area contributed by atoms with Crippen LogP contribution in [-0.2, 0) is 0 Å². The molecule has 4 heteroatoms. The third kappa shape index (κ3) is 2.41. The molecule has 2 heterocycles. The molecule has 96 valence electrons. The lowest BCUT2D eigenvalue weighted by atomic mass is 10.1. The van der Waals surface area contributed by atoms with Crippen molar-refractivity contribution in [2.24, 2.45) is 0 Å². The summed E-state index contributed by atoms with van der Waals surface area (Å²) in [5, 5.41) is 4.35. The van der Waals surface area contributed by atoms with Gasteiger partial charge in [0.1, 0.15) is 17.4 Å². The number of hydrogen-bond acceptors (Lipinski definition) is 3. The second-order valence-electron chi connectivity index (χ2n) is 4.31. The molecule has 0 spiro atoms. The molecule has 0 amide bonds. The Kier molecular flexibility index (Phi) is 3.36. The van der Waals surface area contributed by atoms with Crippen LogP contribution in [-0.4, -0.2) is 12.0 Å². The lowest BCUT2D eigenvalue weighted by Crippen LogP contribution is -2.18. The normalized spacial score (nSPS) is 12.7. The lowest BCUT2D eigenvalue weighted by Gasteiger charge is -2.12. The summed E-state index contributed by atoms with van der Waals surface area (Å²) in [6.07, 6.45) is 1.79. The lowest BCUT2D eigenvalue weighted by molar-refractivity contribution is 0.486. The number of nitrogens with zero attached hydrogens (tertiary/aromatic N) is 1. The molecule has 1 atom stereocenters. The first kappa shape index (κ1) is 12.4. The van der Waals surface area contributed by atoms with Crippen molar-refractivity contribution < 1.29 is 4.42 Å². The molecular formula is C15H13BrN2O. The van der Waals surface area contributed by atoms with Gasteiger partial charge in [0.15, 0.2) is 0 Å². The number of furan rings is 1. The van der Waals surface area contributed by atoms with Gasteiger partial charge in [0.05, 0.1) is 5.69 Å². The van der Waals surface area contributed by atoms with Crippen molar-refractivity contribution in [2.45, 2.75) is 6.04 Å². The van der Waals surface area contributed by atoms with E-state index in [-0.39, 0.29) is 6.04 Å². The predicted molar refractivity (Wildman–Crippen MR) is 79.1 cm³/mol. The molecule has 0 aliphatic heterocycles. The van der Waals surface area contributed by atoms with E-state index in [1.54, 1.807) is 6.20 Å². The number of pyridine rings is 1.